The normalized spacial score (nSPS) is 10.7. The second-order valence-corrected chi connectivity index (χ2v) is 1.83. The standard InChI is InChI=1S/C5H6N4/c6-9-3-1-5-7-2-4-8(5)9/h1-4H,6H2. The largest absolute Gasteiger partial charge is 0.324 e. The molecule has 4 heteroatoms. The maximum atomic E-state index is 5.46. The molecule has 46 valence electrons. The zero-order valence-electron chi connectivity index (χ0n) is 4.73. The van der Waals surface area contributed by atoms with Gasteiger partial charge < -0.3 is 5.84 Å². The van der Waals surface area contributed by atoms with Crippen LogP contribution in [0.2, 0.25) is 0 Å². The predicted molar refractivity (Wildman–Crippen MR) is 33.3 cm³/mol. The van der Waals surface area contributed by atoms with Crippen molar-refractivity contribution in [1.82, 2.24) is 14.3 Å². The van der Waals surface area contributed by atoms with E-state index in [0.717, 1.165) is 5.65 Å². The molecule has 4 nitrogen and oxygen atoms in total. The van der Waals surface area contributed by atoms with Crippen molar-refractivity contribution >= 4 is 5.65 Å². The summed E-state index contributed by atoms with van der Waals surface area (Å²) in [4.78, 5) is 5.48. The zero-order chi connectivity index (χ0) is 6.27. The summed E-state index contributed by atoms with van der Waals surface area (Å²) < 4.78 is 1.75. The van der Waals surface area contributed by atoms with Crippen LogP contribution in [0.3, 0.4) is 0 Å². The molecule has 0 aromatic carbocycles. The summed E-state index contributed by atoms with van der Waals surface area (Å²) in [6.07, 6.45) is 5.26. The van der Waals surface area contributed by atoms with Crippen LogP contribution < -0.4 is 5.84 Å². The average Bonchev–Trinajstić information content (AvgIpc) is 2.35. The highest BCUT2D eigenvalue weighted by Crippen LogP contribution is 1.96. The van der Waals surface area contributed by atoms with Gasteiger partial charge in [0.05, 0.1) is 0 Å². The second-order valence-electron chi connectivity index (χ2n) is 1.83. The van der Waals surface area contributed by atoms with Gasteiger partial charge >= 0.3 is 0 Å². The Bertz CT molecular complexity index is 318. The molecule has 2 rings (SSSR count). The third kappa shape index (κ3) is 0.440. The Hall–Kier alpha value is -1.45. The van der Waals surface area contributed by atoms with Gasteiger partial charge in [0, 0.05) is 24.7 Å². The Morgan fingerprint density at radius 2 is 2.33 bits per heavy atom. The maximum Gasteiger partial charge on any atom is 0.154 e. The Kier molecular flexibility index (Phi) is 0.631. The van der Waals surface area contributed by atoms with Crippen LogP contribution in [0.15, 0.2) is 24.7 Å². The molecule has 0 saturated heterocycles. The molecule has 0 aliphatic rings. The van der Waals surface area contributed by atoms with Gasteiger partial charge in [-0.05, 0) is 0 Å². The lowest BCUT2D eigenvalue weighted by atomic mass is 10.7. The molecule has 0 saturated carbocycles. The fourth-order valence-corrected chi connectivity index (χ4v) is 0.838. The molecule has 0 spiro atoms. The van der Waals surface area contributed by atoms with Crippen molar-refractivity contribution in [2.75, 3.05) is 5.84 Å². The number of fused-ring (bicyclic) bond motifs is 1. The molecule has 0 unspecified atom stereocenters. The Balaban J connectivity index is 2.99. The average molecular weight is 122 g/mol. The van der Waals surface area contributed by atoms with Crippen LogP contribution in [0.25, 0.3) is 5.65 Å². The van der Waals surface area contributed by atoms with Gasteiger partial charge in [0.1, 0.15) is 0 Å². The smallest absolute Gasteiger partial charge is 0.154 e. The minimum absolute atomic E-state index is 0.873. The molecule has 0 fully saturated rings. The fourth-order valence-electron chi connectivity index (χ4n) is 0.838. The van der Waals surface area contributed by atoms with Crippen molar-refractivity contribution < 1.29 is 0 Å². The van der Waals surface area contributed by atoms with Crippen molar-refractivity contribution in [1.29, 1.82) is 0 Å². The van der Waals surface area contributed by atoms with Gasteiger partial charge in [-0.2, -0.15) is 0 Å². The van der Waals surface area contributed by atoms with Gasteiger partial charge in [0.25, 0.3) is 0 Å². The summed E-state index contributed by atoms with van der Waals surface area (Å²) in [5, 5.41) is 0. The molecule has 9 heavy (non-hydrogen) atoms. The number of nitrogens with zero attached hydrogens (tertiary/aromatic N) is 3. The lowest BCUT2D eigenvalue weighted by molar-refractivity contribution is 0.763. The first-order valence-corrected chi connectivity index (χ1v) is 2.64. The van der Waals surface area contributed by atoms with Gasteiger partial charge in [-0.25, -0.2) is 14.3 Å². The number of hydrogen-bond acceptors (Lipinski definition) is 2. The lowest BCUT2D eigenvalue weighted by Crippen LogP contribution is -2.11. The minimum Gasteiger partial charge on any atom is -0.324 e. The van der Waals surface area contributed by atoms with Crippen molar-refractivity contribution in [3.63, 3.8) is 0 Å². The van der Waals surface area contributed by atoms with Gasteiger partial charge in [0.15, 0.2) is 5.65 Å². The van der Waals surface area contributed by atoms with Gasteiger partial charge in [-0.15, -0.1) is 0 Å². The van der Waals surface area contributed by atoms with Crippen molar-refractivity contribution in [3.8, 4) is 0 Å². The van der Waals surface area contributed by atoms with E-state index in [1.165, 1.54) is 4.79 Å². The molecule has 0 aliphatic carbocycles. The van der Waals surface area contributed by atoms with E-state index in [2.05, 4.69) is 4.98 Å². The van der Waals surface area contributed by atoms with Crippen LogP contribution in [-0.4, -0.2) is 14.3 Å². The maximum absolute atomic E-state index is 5.46. The third-order valence-corrected chi connectivity index (χ3v) is 1.27. The first kappa shape index (κ1) is 4.43. The van der Waals surface area contributed by atoms with E-state index in [4.69, 9.17) is 5.84 Å². The molecule has 2 heterocycles. The minimum atomic E-state index is 0.873. The molecule has 0 atom stereocenters. The summed E-state index contributed by atoms with van der Waals surface area (Å²) in [6.45, 7) is 0. The van der Waals surface area contributed by atoms with E-state index in [9.17, 15) is 0 Å². The van der Waals surface area contributed by atoms with Crippen LogP contribution in [0.4, 0.5) is 0 Å². The number of nitrogen functional groups attached to an aromatic ring is 1. The molecule has 0 aliphatic heterocycles. The van der Waals surface area contributed by atoms with Crippen molar-refractivity contribution in [3.05, 3.63) is 24.7 Å². The first-order valence-electron chi connectivity index (χ1n) is 2.64. The van der Waals surface area contributed by atoms with Gasteiger partial charge in [-0.3, -0.25) is 0 Å². The summed E-state index contributed by atoms with van der Waals surface area (Å²) >= 11 is 0. The highest BCUT2D eigenvalue weighted by atomic mass is 15.5. The van der Waals surface area contributed by atoms with Crippen LogP contribution in [0, 0.1) is 0 Å². The Morgan fingerprint density at radius 1 is 1.44 bits per heavy atom. The molecule has 0 amide bonds. The van der Waals surface area contributed by atoms with Crippen LogP contribution in [0.1, 0.15) is 0 Å². The van der Waals surface area contributed by atoms with E-state index in [1.807, 2.05) is 6.07 Å². The Labute approximate surface area is 51.5 Å². The summed E-state index contributed by atoms with van der Waals surface area (Å²) in [7, 11) is 0. The first-order chi connectivity index (χ1) is 4.38. The quantitative estimate of drug-likeness (QED) is 0.494. The topological polar surface area (TPSA) is 48.2 Å². The summed E-state index contributed by atoms with van der Waals surface area (Å²) in [6, 6.07) is 1.85. The lowest BCUT2D eigenvalue weighted by Gasteiger charge is -1.90. The molecule has 0 radical (unpaired) electrons. The van der Waals surface area contributed by atoms with Gasteiger partial charge in [-0.1, -0.05) is 0 Å². The number of imidazole rings is 1. The number of hydrogen-bond donors (Lipinski definition) is 1. The molecular weight excluding hydrogens is 116 g/mol. The number of nitrogens with two attached hydrogens (primary N) is 1. The summed E-state index contributed by atoms with van der Waals surface area (Å²) in [5.41, 5.74) is 0.873. The van der Waals surface area contributed by atoms with Crippen molar-refractivity contribution in [2.24, 2.45) is 0 Å². The van der Waals surface area contributed by atoms with E-state index < -0.39 is 0 Å². The third-order valence-electron chi connectivity index (χ3n) is 1.27. The monoisotopic (exact) mass is 122 g/mol. The van der Waals surface area contributed by atoms with Crippen molar-refractivity contribution in [2.45, 2.75) is 0 Å². The molecule has 0 bridgehead atoms. The molecule has 2 aromatic rings. The van der Waals surface area contributed by atoms with Gasteiger partial charge in [0.2, 0.25) is 0 Å². The second kappa shape index (κ2) is 1.28. The molecular formula is C5H6N4. The highest BCUT2D eigenvalue weighted by Gasteiger charge is 1.93. The van der Waals surface area contributed by atoms with E-state index in [-0.39, 0.29) is 0 Å². The number of rotatable bonds is 0. The van der Waals surface area contributed by atoms with Crippen LogP contribution in [-0.2, 0) is 0 Å². The van der Waals surface area contributed by atoms with Crippen LogP contribution in [0.5, 0.6) is 0 Å². The zero-order valence-corrected chi connectivity index (χ0v) is 4.73. The van der Waals surface area contributed by atoms with E-state index in [0.29, 0.717) is 0 Å². The Morgan fingerprint density at radius 3 is 3.11 bits per heavy atom. The van der Waals surface area contributed by atoms with E-state index >= 15 is 0 Å². The fraction of sp³-hybridized carbons (Fsp3) is 0. The number of aromatic nitrogens is 3. The van der Waals surface area contributed by atoms with Crippen LogP contribution >= 0.6 is 0 Å². The molecule has 2 aromatic heterocycles. The molecule has 2 N–H and O–H groups in total. The summed E-state index contributed by atoms with van der Waals surface area (Å²) in [5.74, 6) is 5.46. The van der Waals surface area contributed by atoms with E-state index in [1.54, 1.807) is 23.1 Å². The highest BCUT2D eigenvalue weighted by molar-refractivity contribution is 5.35. The predicted octanol–water partition coefficient (Wildman–Crippen LogP) is -0.150. The SMILES string of the molecule is Nn1ccc2nccn21.